The summed E-state index contributed by atoms with van der Waals surface area (Å²) in [5.41, 5.74) is 4.95. The first-order valence-electron chi connectivity index (χ1n) is 12.2. The monoisotopic (exact) mass is 504 g/mol. The van der Waals surface area contributed by atoms with Crippen molar-refractivity contribution in [1.82, 2.24) is 19.6 Å². The second-order valence-corrected chi connectivity index (χ2v) is 9.17. The van der Waals surface area contributed by atoms with E-state index in [4.69, 9.17) is 9.72 Å². The molecule has 194 valence electrons. The number of amides is 1. The third-order valence-corrected chi connectivity index (χ3v) is 6.40. The van der Waals surface area contributed by atoms with Crippen LogP contribution < -0.4 is 20.7 Å². The summed E-state index contributed by atoms with van der Waals surface area (Å²) in [6.07, 6.45) is 1.68. The summed E-state index contributed by atoms with van der Waals surface area (Å²) in [6.45, 7) is 7.63. The highest BCUT2D eigenvalue weighted by Crippen LogP contribution is 2.27. The quantitative estimate of drug-likeness (QED) is 0.426. The van der Waals surface area contributed by atoms with Crippen LogP contribution in [-0.2, 0) is 0 Å². The maximum atomic E-state index is 14.7. The predicted molar refractivity (Wildman–Crippen MR) is 146 cm³/mol. The first-order valence-corrected chi connectivity index (χ1v) is 12.2. The van der Waals surface area contributed by atoms with Gasteiger partial charge in [-0.1, -0.05) is 12.5 Å². The number of nitrogens with one attached hydrogen (secondary N) is 3. The predicted octanol–water partition coefficient (Wildman–Crippen LogP) is 3.65. The number of ether oxygens (including phenoxy) is 1. The van der Waals surface area contributed by atoms with Crippen LogP contribution in [0.25, 0.3) is 11.2 Å². The zero-order valence-corrected chi connectivity index (χ0v) is 21.7. The zero-order valence-electron chi connectivity index (χ0n) is 21.7. The number of piperidine rings is 1. The number of benzene rings is 1. The molecule has 3 aromatic rings. The summed E-state index contributed by atoms with van der Waals surface area (Å²) in [6, 6.07) is 8.75. The number of pyridine rings is 1. The topological polar surface area (TPSA) is 82.9 Å². The second-order valence-electron chi connectivity index (χ2n) is 9.17. The molecule has 3 N–H and O–H groups in total. The molecular weight excluding hydrogens is 471 g/mol. The maximum absolute atomic E-state index is 14.7. The number of anilines is 2. The molecule has 1 amide bonds. The Balaban J connectivity index is 1.56. The Bertz CT molecular complexity index is 1370. The van der Waals surface area contributed by atoms with Crippen molar-refractivity contribution in [2.24, 2.45) is 0 Å². The van der Waals surface area contributed by atoms with Gasteiger partial charge in [0.2, 0.25) is 0 Å². The van der Waals surface area contributed by atoms with Crippen LogP contribution in [0.3, 0.4) is 0 Å². The lowest BCUT2D eigenvalue weighted by molar-refractivity contribution is 0.0962. The van der Waals surface area contributed by atoms with Crippen molar-refractivity contribution >= 4 is 28.5 Å². The molecule has 2 atom stereocenters. The largest absolute Gasteiger partial charge is 0.495 e. The van der Waals surface area contributed by atoms with Crippen LogP contribution in [0.15, 0.2) is 43.1 Å². The molecular formula is C28H33FN6O2. The number of alkyl halides is 1. The molecule has 9 heteroatoms. The number of rotatable bonds is 7. The summed E-state index contributed by atoms with van der Waals surface area (Å²) in [7, 11) is 5.08. The maximum Gasteiger partial charge on any atom is 0.251 e. The van der Waals surface area contributed by atoms with Crippen LogP contribution in [0.4, 0.5) is 15.8 Å². The number of nitrogens with zero attached hydrogens (tertiary/aromatic N) is 3. The molecule has 0 saturated carbocycles. The van der Waals surface area contributed by atoms with Gasteiger partial charge in [-0.05, 0) is 62.2 Å². The Morgan fingerprint density at radius 2 is 2.14 bits per heavy atom. The number of imidazole rings is 1. The van der Waals surface area contributed by atoms with Crippen molar-refractivity contribution in [2.75, 3.05) is 51.5 Å². The van der Waals surface area contributed by atoms with Crippen molar-refractivity contribution < 1.29 is 13.9 Å². The number of hydrogen-bond donors (Lipinski definition) is 3. The fourth-order valence-electron chi connectivity index (χ4n) is 4.48. The van der Waals surface area contributed by atoms with E-state index in [1.165, 1.54) is 0 Å². The lowest BCUT2D eigenvalue weighted by Gasteiger charge is -2.33. The van der Waals surface area contributed by atoms with E-state index in [1.54, 1.807) is 32.4 Å². The van der Waals surface area contributed by atoms with Crippen molar-refractivity contribution in [1.29, 1.82) is 0 Å². The van der Waals surface area contributed by atoms with Crippen LogP contribution >= 0.6 is 0 Å². The van der Waals surface area contributed by atoms with Gasteiger partial charge in [-0.15, -0.1) is 0 Å². The summed E-state index contributed by atoms with van der Waals surface area (Å²) in [4.78, 5) is 18.7. The highest BCUT2D eigenvalue weighted by atomic mass is 19.1. The third-order valence-electron chi connectivity index (χ3n) is 6.40. The molecule has 0 radical (unpaired) electrons. The van der Waals surface area contributed by atoms with E-state index in [0.717, 1.165) is 35.6 Å². The molecule has 0 aliphatic carbocycles. The number of hydrogen-bond acceptors (Lipinski definition) is 6. The van der Waals surface area contributed by atoms with E-state index in [-0.39, 0.29) is 11.9 Å². The lowest BCUT2D eigenvalue weighted by Crippen LogP contribution is -2.46. The molecule has 1 aliphatic rings. The van der Waals surface area contributed by atoms with Gasteiger partial charge in [0.1, 0.15) is 17.6 Å². The minimum atomic E-state index is -0.956. The van der Waals surface area contributed by atoms with Crippen molar-refractivity contribution in [3.8, 4) is 17.6 Å². The van der Waals surface area contributed by atoms with Gasteiger partial charge in [0.25, 0.3) is 5.91 Å². The van der Waals surface area contributed by atoms with Gasteiger partial charge < -0.3 is 25.6 Å². The number of aromatic nitrogens is 2. The highest BCUT2D eigenvalue weighted by molar-refractivity contribution is 5.95. The van der Waals surface area contributed by atoms with Gasteiger partial charge in [0.15, 0.2) is 5.65 Å². The number of halogens is 1. The van der Waals surface area contributed by atoms with Crippen LogP contribution in [-0.4, -0.2) is 73.2 Å². The molecule has 0 bridgehead atoms. The molecule has 0 spiro atoms. The molecule has 1 saturated heterocycles. The summed E-state index contributed by atoms with van der Waals surface area (Å²) >= 11 is 0. The van der Waals surface area contributed by atoms with E-state index in [0.29, 0.717) is 35.7 Å². The summed E-state index contributed by atoms with van der Waals surface area (Å²) < 4.78 is 22.0. The van der Waals surface area contributed by atoms with Crippen LogP contribution in [0.2, 0.25) is 0 Å². The molecule has 0 unspecified atom stereocenters. The van der Waals surface area contributed by atoms with E-state index in [1.807, 2.05) is 41.6 Å². The van der Waals surface area contributed by atoms with E-state index < -0.39 is 6.17 Å². The SMILES string of the molecule is C=C(C)c1c(C#CCNc2ccc(C(=O)NC)cc2OC)nc2c(N[C@@H]3CCN(C)C[C@@H]3F)cccn12. The molecule has 1 aromatic carbocycles. The van der Waals surface area contributed by atoms with E-state index >= 15 is 0 Å². The van der Waals surface area contributed by atoms with Crippen molar-refractivity contribution in [2.45, 2.75) is 25.6 Å². The number of methoxy groups -OCH3 is 1. The summed E-state index contributed by atoms with van der Waals surface area (Å²) in [5.74, 6) is 6.64. The minimum Gasteiger partial charge on any atom is -0.495 e. The van der Waals surface area contributed by atoms with Crippen molar-refractivity contribution in [3.05, 3.63) is 60.1 Å². The Morgan fingerprint density at radius 1 is 1.32 bits per heavy atom. The van der Waals surface area contributed by atoms with Crippen LogP contribution in [0.5, 0.6) is 5.75 Å². The number of carbonyl (C=O) groups is 1. The Labute approximate surface area is 216 Å². The molecule has 2 aromatic heterocycles. The van der Waals surface area contributed by atoms with Gasteiger partial charge >= 0.3 is 0 Å². The zero-order chi connectivity index (χ0) is 26.5. The fourth-order valence-corrected chi connectivity index (χ4v) is 4.48. The lowest BCUT2D eigenvalue weighted by atomic mass is 10.0. The Hall–Kier alpha value is -4.03. The van der Waals surface area contributed by atoms with Crippen molar-refractivity contribution in [3.63, 3.8) is 0 Å². The molecule has 3 heterocycles. The number of carbonyl (C=O) groups excluding carboxylic acids is 1. The minimum absolute atomic E-state index is 0.185. The average Bonchev–Trinajstić information content (AvgIpc) is 3.27. The molecule has 1 aliphatic heterocycles. The standard InChI is InChI=1S/C28H33FN6O2/c1-18(2)26-23(8-6-13-31-22-11-10-19(28(36)30-3)16-25(22)37-5)33-27-24(9-7-14-35(26)27)32-21-12-15-34(4)17-20(21)29/h7,9-11,14,16,20-21,31-32H,1,12-13,15,17H2,2-5H3,(H,30,36)/t20-,21+/m0/s1. The third kappa shape index (κ3) is 5.70. The average molecular weight is 505 g/mol. The molecule has 37 heavy (non-hydrogen) atoms. The molecule has 1 fully saturated rings. The second kappa shape index (κ2) is 11.4. The number of likely N-dealkylation sites (tertiary alicyclic amines) is 1. The smallest absolute Gasteiger partial charge is 0.251 e. The van der Waals surface area contributed by atoms with Gasteiger partial charge in [-0.3, -0.25) is 9.20 Å². The normalized spacial score (nSPS) is 17.5. The molecule has 4 rings (SSSR count). The van der Waals surface area contributed by atoms with E-state index in [2.05, 4.69) is 34.4 Å². The van der Waals surface area contributed by atoms with Gasteiger partial charge in [0, 0.05) is 31.9 Å². The Kier molecular flexibility index (Phi) is 7.99. The van der Waals surface area contributed by atoms with Crippen LogP contribution in [0.1, 0.15) is 35.1 Å². The first kappa shape index (κ1) is 26.0. The first-order chi connectivity index (χ1) is 17.8. The van der Waals surface area contributed by atoms with Gasteiger partial charge in [0.05, 0.1) is 36.8 Å². The number of allylic oxidation sites excluding steroid dienone is 1. The fraction of sp³-hybridized carbons (Fsp3) is 0.357. The number of fused-ring (bicyclic) bond motifs is 1. The van der Waals surface area contributed by atoms with E-state index in [9.17, 15) is 9.18 Å². The van der Waals surface area contributed by atoms with Gasteiger partial charge in [-0.25, -0.2) is 9.37 Å². The summed E-state index contributed by atoms with van der Waals surface area (Å²) in [5, 5.41) is 9.20. The molecule has 8 nitrogen and oxygen atoms in total. The van der Waals surface area contributed by atoms with Crippen LogP contribution in [0, 0.1) is 11.8 Å². The highest BCUT2D eigenvalue weighted by Gasteiger charge is 2.28. The van der Waals surface area contributed by atoms with Gasteiger partial charge in [-0.2, -0.15) is 0 Å². The Morgan fingerprint density at radius 3 is 2.84 bits per heavy atom.